The Morgan fingerprint density at radius 1 is 0.980 bits per heavy atom. The number of fused-ring (bicyclic) bond motifs is 2. The minimum absolute atomic E-state index is 0.0540. The number of alkyl halides is 1. The van der Waals surface area contributed by atoms with Crippen LogP contribution in [0.4, 0.5) is 20.7 Å². The molecule has 254 valence electrons. The van der Waals surface area contributed by atoms with Gasteiger partial charge in [0.2, 0.25) is 6.54 Å². The van der Waals surface area contributed by atoms with Gasteiger partial charge in [-0.05, 0) is 49.4 Å². The van der Waals surface area contributed by atoms with E-state index in [2.05, 4.69) is 58.0 Å². The van der Waals surface area contributed by atoms with Gasteiger partial charge in [0.1, 0.15) is 31.2 Å². The van der Waals surface area contributed by atoms with E-state index >= 15 is 0 Å². The average Bonchev–Trinajstić information content (AvgIpc) is 3.45. The third-order valence-electron chi connectivity index (χ3n) is 10.0. The number of benzene rings is 3. The van der Waals surface area contributed by atoms with Crippen LogP contribution in [0.25, 0.3) is 15.6 Å². The molecule has 7 rings (SSSR count). The number of piperazine rings is 1. The Hall–Kier alpha value is -4.95. The summed E-state index contributed by atoms with van der Waals surface area (Å²) in [6, 6.07) is 22.3. The van der Waals surface area contributed by atoms with E-state index in [-0.39, 0.29) is 31.2 Å². The summed E-state index contributed by atoms with van der Waals surface area (Å²) in [5.74, 6) is 0.782. The van der Waals surface area contributed by atoms with Crippen molar-refractivity contribution < 1.29 is 18.7 Å². The van der Waals surface area contributed by atoms with Gasteiger partial charge >= 0.3 is 12.1 Å². The molecule has 3 aliphatic heterocycles. The zero-order valence-corrected chi connectivity index (χ0v) is 28.1. The van der Waals surface area contributed by atoms with E-state index in [0.717, 1.165) is 35.6 Å². The summed E-state index contributed by atoms with van der Waals surface area (Å²) in [6.07, 6.45) is -0.136. The maximum Gasteiger partial charge on any atom is 0.410 e. The number of carbonyl (C=O) groups is 1. The Bertz CT molecular complexity index is 1850. The van der Waals surface area contributed by atoms with Crippen molar-refractivity contribution in [1.29, 1.82) is 0 Å². The van der Waals surface area contributed by atoms with Gasteiger partial charge in [-0.3, -0.25) is 9.80 Å². The molecule has 4 heterocycles. The number of ether oxygens (including phenoxy) is 2. The van der Waals surface area contributed by atoms with Crippen molar-refractivity contribution in [2.24, 2.45) is 0 Å². The first-order valence-electron chi connectivity index (χ1n) is 17.0. The summed E-state index contributed by atoms with van der Waals surface area (Å²) in [5, 5.41) is 2.44. The molecule has 3 aliphatic rings. The number of likely N-dealkylation sites (tertiary alicyclic amines) is 1. The molecule has 0 radical (unpaired) electrons. The van der Waals surface area contributed by atoms with E-state index in [0.29, 0.717) is 45.8 Å². The molecule has 0 spiro atoms. The highest BCUT2D eigenvalue weighted by atomic mass is 19.1. The van der Waals surface area contributed by atoms with Gasteiger partial charge < -0.3 is 24.1 Å². The zero-order valence-electron chi connectivity index (χ0n) is 28.1. The molecule has 49 heavy (non-hydrogen) atoms. The summed E-state index contributed by atoms with van der Waals surface area (Å²) in [7, 11) is 1.92. The van der Waals surface area contributed by atoms with E-state index in [9.17, 15) is 9.18 Å². The number of amides is 1. The molecule has 1 aromatic heterocycles. The van der Waals surface area contributed by atoms with Crippen molar-refractivity contribution in [3.63, 3.8) is 0 Å². The summed E-state index contributed by atoms with van der Waals surface area (Å²) in [4.78, 5) is 35.0. The van der Waals surface area contributed by atoms with Crippen molar-refractivity contribution in [3.8, 4) is 6.01 Å². The molecule has 3 atom stereocenters. The van der Waals surface area contributed by atoms with Crippen LogP contribution in [0.3, 0.4) is 0 Å². The van der Waals surface area contributed by atoms with Crippen molar-refractivity contribution in [2.45, 2.75) is 51.2 Å². The first kappa shape index (κ1) is 32.6. The van der Waals surface area contributed by atoms with E-state index in [4.69, 9.17) is 26.0 Å². The number of rotatable bonds is 8. The van der Waals surface area contributed by atoms with Crippen LogP contribution in [-0.4, -0.2) is 97.0 Å². The van der Waals surface area contributed by atoms with Crippen LogP contribution in [0.2, 0.25) is 0 Å². The molecule has 0 saturated carbocycles. The number of hydrogen-bond donors (Lipinski definition) is 0. The Labute approximate surface area is 286 Å². The fourth-order valence-electron chi connectivity index (χ4n) is 7.42. The molecule has 2 fully saturated rings. The van der Waals surface area contributed by atoms with Crippen LogP contribution in [0.15, 0.2) is 66.7 Å². The van der Waals surface area contributed by atoms with Crippen LogP contribution >= 0.6 is 0 Å². The van der Waals surface area contributed by atoms with Gasteiger partial charge in [0, 0.05) is 55.4 Å². The van der Waals surface area contributed by atoms with Crippen molar-refractivity contribution in [2.75, 3.05) is 62.7 Å². The maximum atomic E-state index is 14.1. The van der Waals surface area contributed by atoms with Gasteiger partial charge in [0.15, 0.2) is 0 Å². The van der Waals surface area contributed by atoms with Gasteiger partial charge in [-0.2, -0.15) is 9.97 Å². The number of aromatic nitrogens is 2. The minimum Gasteiger partial charge on any atom is -0.462 e. The molecule has 0 unspecified atom stereocenters. The van der Waals surface area contributed by atoms with Crippen LogP contribution in [-0.2, 0) is 24.3 Å². The molecule has 0 N–H and O–H groups in total. The SMILES string of the molecule is [C-]#[N+]C[C@H]1CN(c2nc(OC[C@@H]3C[C@@H](F)CN3C)nc3c2CCN(c2cccc4cccc(C)c24)C3)CCN1C(=O)OCc1ccccc1. The second kappa shape index (κ2) is 14.3. The van der Waals surface area contributed by atoms with Crippen LogP contribution in [0.1, 0.15) is 28.8 Å². The first-order chi connectivity index (χ1) is 23.9. The molecule has 3 aromatic carbocycles. The Kier molecular flexibility index (Phi) is 9.49. The summed E-state index contributed by atoms with van der Waals surface area (Å²) < 4.78 is 26.1. The molecule has 10 nitrogen and oxygen atoms in total. The number of hydrogen-bond acceptors (Lipinski definition) is 8. The monoisotopic (exact) mass is 663 g/mol. The average molecular weight is 664 g/mol. The Morgan fingerprint density at radius 2 is 1.80 bits per heavy atom. The lowest BCUT2D eigenvalue weighted by Crippen LogP contribution is -2.57. The van der Waals surface area contributed by atoms with Crippen LogP contribution in [0.5, 0.6) is 6.01 Å². The quantitative estimate of drug-likeness (QED) is 0.224. The molecule has 2 saturated heterocycles. The number of nitrogens with zero attached hydrogens (tertiary/aromatic N) is 7. The normalized spacial score (nSPS) is 21.0. The minimum atomic E-state index is -0.869. The maximum absolute atomic E-state index is 14.1. The largest absolute Gasteiger partial charge is 0.462 e. The lowest BCUT2D eigenvalue weighted by Gasteiger charge is -2.40. The van der Waals surface area contributed by atoms with E-state index in [1.54, 1.807) is 4.90 Å². The van der Waals surface area contributed by atoms with Crippen LogP contribution in [0, 0.1) is 13.5 Å². The third-order valence-corrected chi connectivity index (χ3v) is 10.0. The van der Waals surface area contributed by atoms with Gasteiger partial charge in [0.05, 0.1) is 12.2 Å². The fourth-order valence-corrected chi connectivity index (χ4v) is 7.42. The predicted octanol–water partition coefficient (Wildman–Crippen LogP) is 5.67. The van der Waals surface area contributed by atoms with Crippen LogP contribution < -0.4 is 14.5 Å². The molecule has 4 aromatic rings. The molecule has 11 heteroatoms. The van der Waals surface area contributed by atoms with E-state index in [1.807, 2.05) is 42.3 Å². The highest BCUT2D eigenvalue weighted by Crippen LogP contribution is 2.36. The predicted molar refractivity (Wildman–Crippen MR) is 188 cm³/mol. The number of aryl methyl sites for hydroxylation is 1. The van der Waals surface area contributed by atoms with Gasteiger partial charge in [0.25, 0.3) is 0 Å². The number of anilines is 2. The number of halogens is 1. The first-order valence-corrected chi connectivity index (χ1v) is 17.0. The lowest BCUT2D eigenvalue weighted by molar-refractivity contribution is 0.0788. The van der Waals surface area contributed by atoms with Crippen molar-refractivity contribution in [3.05, 3.63) is 101 Å². The number of carbonyl (C=O) groups excluding carboxylic acids is 1. The topological polar surface area (TPSA) is 78.6 Å². The molecule has 0 bridgehead atoms. The molecule has 1 amide bonds. The number of likely N-dealkylation sites (N-methyl/N-ethyl adjacent to an activating group) is 1. The Morgan fingerprint density at radius 3 is 2.57 bits per heavy atom. The standard InChI is InChI=1S/C38H42FN7O3/c1-26-9-7-12-28-13-8-14-34(35(26)28)44-16-15-32-33(23-44)41-37(48-25-30-19-29(39)21-43(30)3)42-36(32)45-17-18-46(31(22-45)20-40-2)38(47)49-24-27-10-5-4-6-11-27/h4-14,29-31H,15-25H2,1,3H3/t29-,30+,31+/m1/s1. The second-order valence-electron chi connectivity index (χ2n) is 13.3. The van der Waals surface area contributed by atoms with Gasteiger partial charge in [-0.1, -0.05) is 60.7 Å². The molecular weight excluding hydrogens is 621 g/mol. The smallest absolute Gasteiger partial charge is 0.410 e. The fraction of sp³-hybridized carbons (Fsp3) is 0.421. The van der Waals surface area contributed by atoms with Crippen molar-refractivity contribution >= 4 is 28.4 Å². The van der Waals surface area contributed by atoms with E-state index < -0.39 is 12.3 Å². The highest BCUT2D eigenvalue weighted by molar-refractivity contribution is 5.97. The van der Waals surface area contributed by atoms with Crippen molar-refractivity contribution in [1.82, 2.24) is 19.8 Å². The van der Waals surface area contributed by atoms with Gasteiger partial charge in [-0.25, -0.2) is 15.8 Å². The second-order valence-corrected chi connectivity index (χ2v) is 13.3. The highest BCUT2D eigenvalue weighted by Gasteiger charge is 2.37. The van der Waals surface area contributed by atoms with E-state index in [1.165, 1.54) is 22.0 Å². The summed E-state index contributed by atoms with van der Waals surface area (Å²) in [5.41, 5.74) is 5.26. The van der Waals surface area contributed by atoms with Gasteiger partial charge in [-0.15, -0.1) is 0 Å². The Balaban J connectivity index is 1.16. The zero-order chi connectivity index (χ0) is 33.9. The summed E-state index contributed by atoms with van der Waals surface area (Å²) in [6.45, 7) is 13.6. The third kappa shape index (κ3) is 6.97. The molecular formula is C38H42FN7O3. The summed E-state index contributed by atoms with van der Waals surface area (Å²) >= 11 is 0. The lowest BCUT2D eigenvalue weighted by atomic mass is 9.99. The molecule has 0 aliphatic carbocycles.